The molecule has 0 aliphatic rings. The lowest BCUT2D eigenvalue weighted by atomic mass is 9.98. The highest BCUT2D eigenvalue weighted by atomic mass is 79.9. The number of halogens is 4. The number of rotatable bonds is 5. The van der Waals surface area contributed by atoms with Crippen molar-refractivity contribution in [1.82, 2.24) is 5.32 Å². The fourth-order valence-electron chi connectivity index (χ4n) is 2.22. The van der Waals surface area contributed by atoms with Crippen LogP contribution in [0, 0.1) is 17.5 Å². The summed E-state index contributed by atoms with van der Waals surface area (Å²) >= 11 is 3.34. The third kappa shape index (κ3) is 4.08. The van der Waals surface area contributed by atoms with Crippen LogP contribution in [-0.4, -0.2) is 6.54 Å². The third-order valence-electron chi connectivity index (χ3n) is 3.21. The first-order valence-corrected chi connectivity index (χ1v) is 7.42. The van der Waals surface area contributed by atoms with E-state index >= 15 is 0 Å². The highest BCUT2D eigenvalue weighted by molar-refractivity contribution is 9.10. The molecular weight excluding hydrogens is 343 g/mol. The molecule has 1 unspecified atom stereocenters. The maximum absolute atomic E-state index is 13.3. The van der Waals surface area contributed by atoms with Crippen LogP contribution in [0.2, 0.25) is 0 Å². The Balaban J connectivity index is 2.28. The van der Waals surface area contributed by atoms with Gasteiger partial charge in [0.05, 0.1) is 0 Å². The number of hydrogen-bond donors (Lipinski definition) is 1. The predicted molar refractivity (Wildman–Crippen MR) is 80.6 cm³/mol. The summed E-state index contributed by atoms with van der Waals surface area (Å²) in [6.07, 6.45) is 0.481. The van der Waals surface area contributed by atoms with Gasteiger partial charge >= 0.3 is 0 Å². The molecule has 5 heteroatoms. The molecule has 0 amide bonds. The Morgan fingerprint density at radius 2 is 1.81 bits per heavy atom. The van der Waals surface area contributed by atoms with Gasteiger partial charge in [-0.05, 0) is 48.4 Å². The third-order valence-corrected chi connectivity index (χ3v) is 3.90. The molecule has 1 nitrogen and oxygen atoms in total. The number of nitrogens with one attached hydrogen (secondary N) is 1. The standard InChI is InChI=1S/C16H15BrF3N/c1-2-21-16(12-5-4-11(18)9-13(12)17)8-10-3-6-14(19)15(20)7-10/h3-7,9,16,21H,2,8H2,1H3. The van der Waals surface area contributed by atoms with Crippen molar-refractivity contribution in [3.63, 3.8) is 0 Å². The second-order valence-corrected chi connectivity index (χ2v) is 5.58. The van der Waals surface area contributed by atoms with E-state index in [1.807, 2.05) is 6.92 Å². The van der Waals surface area contributed by atoms with Gasteiger partial charge in [-0.1, -0.05) is 35.0 Å². The number of benzene rings is 2. The first-order chi connectivity index (χ1) is 10.0. The van der Waals surface area contributed by atoms with Crippen LogP contribution in [0.5, 0.6) is 0 Å². The van der Waals surface area contributed by atoms with E-state index in [0.717, 1.165) is 11.6 Å². The predicted octanol–water partition coefficient (Wildman–Crippen LogP) is 4.76. The Hall–Kier alpha value is -1.33. The summed E-state index contributed by atoms with van der Waals surface area (Å²) in [7, 11) is 0. The molecule has 0 fully saturated rings. The lowest BCUT2D eigenvalue weighted by Gasteiger charge is -2.20. The quantitative estimate of drug-likeness (QED) is 0.813. The largest absolute Gasteiger partial charge is 0.310 e. The fraction of sp³-hybridized carbons (Fsp3) is 0.250. The zero-order valence-electron chi connectivity index (χ0n) is 11.5. The van der Waals surface area contributed by atoms with Crippen molar-refractivity contribution in [1.29, 1.82) is 0 Å². The zero-order valence-corrected chi connectivity index (χ0v) is 13.1. The monoisotopic (exact) mass is 357 g/mol. The molecule has 0 aliphatic heterocycles. The minimum absolute atomic E-state index is 0.116. The maximum Gasteiger partial charge on any atom is 0.159 e. The summed E-state index contributed by atoms with van der Waals surface area (Å²) in [6, 6.07) is 8.22. The van der Waals surface area contributed by atoms with Crippen LogP contribution in [0.25, 0.3) is 0 Å². The van der Waals surface area contributed by atoms with Crippen molar-refractivity contribution in [3.8, 4) is 0 Å². The molecule has 1 atom stereocenters. The van der Waals surface area contributed by atoms with E-state index < -0.39 is 11.6 Å². The summed E-state index contributed by atoms with van der Waals surface area (Å²) in [5.41, 5.74) is 1.55. The SMILES string of the molecule is CCNC(Cc1ccc(F)c(F)c1)c1ccc(F)cc1Br. The van der Waals surface area contributed by atoms with Crippen LogP contribution in [0.1, 0.15) is 24.1 Å². The van der Waals surface area contributed by atoms with Crippen molar-refractivity contribution in [3.05, 3.63) is 69.4 Å². The highest BCUT2D eigenvalue weighted by Crippen LogP contribution is 2.27. The molecule has 2 rings (SSSR count). The van der Waals surface area contributed by atoms with E-state index in [0.29, 0.717) is 23.0 Å². The van der Waals surface area contributed by atoms with E-state index in [1.165, 1.54) is 18.2 Å². The van der Waals surface area contributed by atoms with E-state index in [2.05, 4.69) is 21.2 Å². The van der Waals surface area contributed by atoms with Gasteiger partial charge < -0.3 is 5.32 Å². The van der Waals surface area contributed by atoms with E-state index in [4.69, 9.17) is 0 Å². The normalized spacial score (nSPS) is 12.4. The lowest BCUT2D eigenvalue weighted by molar-refractivity contribution is 0.502. The van der Waals surface area contributed by atoms with Crippen molar-refractivity contribution >= 4 is 15.9 Å². The molecule has 2 aromatic rings. The Kier molecular flexibility index (Phi) is 5.42. The minimum atomic E-state index is -0.860. The smallest absolute Gasteiger partial charge is 0.159 e. The molecule has 0 saturated heterocycles. The Bertz CT molecular complexity index is 631. The molecule has 0 saturated carbocycles. The van der Waals surface area contributed by atoms with Gasteiger partial charge in [-0.15, -0.1) is 0 Å². The maximum atomic E-state index is 13.3. The van der Waals surface area contributed by atoms with E-state index in [1.54, 1.807) is 12.1 Å². The molecular formula is C16H15BrF3N. The zero-order chi connectivity index (χ0) is 15.4. The second-order valence-electron chi connectivity index (χ2n) is 4.73. The molecule has 0 aliphatic carbocycles. The summed E-state index contributed by atoms with van der Waals surface area (Å²) in [5.74, 6) is -2.05. The van der Waals surface area contributed by atoms with Crippen molar-refractivity contribution in [2.75, 3.05) is 6.54 Å². The summed E-state index contributed by atoms with van der Waals surface area (Å²) in [5, 5.41) is 3.27. The molecule has 0 aromatic heterocycles. The van der Waals surface area contributed by atoms with Gasteiger partial charge in [0, 0.05) is 10.5 Å². The molecule has 1 N–H and O–H groups in total. The molecule has 0 spiro atoms. The van der Waals surface area contributed by atoms with Crippen LogP contribution < -0.4 is 5.32 Å². The van der Waals surface area contributed by atoms with Crippen molar-refractivity contribution in [2.24, 2.45) is 0 Å². The van der Waals surface area contributed by atoms with E-state index in [-0.39, 0.29) is 11.9 Å². The average Bonchev–Trinajstić information content (AvgIpc) is 2.42. The van der Waals surface area contributed by atoms with E-state index in [9.17, 15) is 13.2 Å². The van der Waals surface area contributed by atoms with Crippen LogP contribution in [0.4, 0.5) is 13.2 Å². The summed E-state index contributed by atoms with van der Waals surface area (Å²) < 4.78 is 40.1. The van der Waals surface area contributed by atoms with Gasteiger partial charge in [0.15, 0.2) is 11.6 Å². The molecule has 0 bridgehead atoms. The average molecular weight is 358 g/mol. The van der Waals surface area contributed by atoms with Gasteiger partial charge in [0.2, 0.25) is 0 Å². The van der Waals surface area contributed by atoms with Crippen LogP contribution in [-0.2, 0) is 6.42 Å². The minimum Gasteiger partial charge on any atom is -0.310 e. The van der Waals surface area contributed by atoms with Crippen LogP contribution in [0.15, 0.2) is 40.9 Å². The van der Waals surface area contributed by atoms with Gasteiger partial charge in [-0.2, -0.15) is 0 Å². The molecule has 2 aromatic carbocycles. The molecule has 21 heavy (non-hydrogen) atoms. The van der Waals surface area contributed by atoms with Gasteiger partial charge in [0.25, 0.3) is 0 Å². The van der Waals surface area contributed by atoms with Crippen LogP contribution >= 0.6 is 15.9 Å². The number of likely N-dealkylation sites (N-methyl/N-ethyl adjacent to an activating group) is 1. The first-order valence-electron chi connectivity index (χ1n) is 6.63. The number of hydrogen-bond acceptors (Lipinski definition) is 1. The van der Waals surface area contributed by atoms with Gasteiger partial charge in [0.1, 0.15) is 5.82 Å². The van der Waals surface area contributed by atoms with Crippen molar-refractivity contribution in [2.45, 2.75) is 19.4 Å². The summed E-state index contributed by atoms with van der Waals surface area (Å²) in [4.78, 5) is 0. The molecule has 112 valence electrons. The first kappa shape index (κ1) is 16.0. The Morgan fingerprint density at radius 1 is 1.05 bits per heavy atom. The fourth-order valence-corrected chi connectivity index (χ4v) is 2.85. The molecule has 0 heterocycles. The topological polar surface area (TPSA) is 12.0 Å². The van der Waals surface area contributed by atoms with Gasteiger partial charge in [-0.25, -0.2) is 13.2 Å². The Labute approximate surface area is 130 Å². The lowest BCUT2D eigenvalue weighted by Crippen LogP contribution is -2.23. The second kappa shape index (κ2) is 7.09. The Morgan fingerprint density at radius 3 is 2.43 bits per heavy atom. The summed E-state index contributed by atoms with van der Waals surface area (Å²) in [6.45, 7) is 2.66. The van der Waals surface area contributed by atoms with Gasteiger partial charge in [-0.3, -0.25) is 0 Å². The van der Waals surface area contributed by atoms with Crippen molar-refractivity contribution < 1.29 is 13.2 Å². The molecule has 0 radical (unpaired) electrons. The van der Waals surface area contributed by atoms with Crippen LogP contribution in [0.3, 0.4) is 0 Å². The highest BCUT2D eigenvalue weighted by Gasteiger charge is 2.15.